The topological polar surface area (TPSA) is 52.0 Å². The van der Waals surface area contributed by atoms with Crippen LogP contribution in [0.15, 0.2) is 51.5 Å². The van der Waals surface area contributed by atoms with Crippen molar-refractivity contribution in [2.24, 2.45) is 0 Å². The summed E-state index contributed by atoms with van der Waals surface area (Å²) in [4.78, 5) is 0. The Morgan fingerprint density at radius 2 is 1.67 bits per heavy atom. The molecule has 0 aliphatic heterocycles. The number of halogens is 3. The molecule has 106 valence electrons. The van der Waals surface area contributed by atoms with Crippen molar-refractivity contribution in [1.29, 1.82) is 0 Å². The first-order valence-electron chi connectivity index (χ1n) is 6.04. The molecule has 0 amide bonds. The fourth-order valence-electron chi connectivity index (χ4n) is 2.11. The highest BCUT2D eigenvalue weighted by atomic mass is 79.9. The van der Waals surface area contributed by atoms with E-state index in [1.54, 1.807) is 24.3 Å². The van der Waals surface area contributed by atoms with Crippen LogP contribution >= 0.6 is 15.9 Å². The number of nitrogens with zero attached hydrogens (tertiary/aromatic N) is 1. The van der Waals surface area contributed by atoms with E-state index in [0.717, 1.165) is 0 Å². The Morgan fingerprint density at radius 3 is 2.38 bits per heavy atom. The Morgan fingerprint density at radius 1 is 0.952 bits per heavy atom. The van der Waals surface area contributed by atoms with Gasteiger partial charge in [0.1, 0.15) is 11.6 Å². The first kappa shape index (κ1) is 13.8. The molecule has 2 aromatic carbocycles. The van der Waals surface area contributed by atoms with Gasteiger partial charge in [-0.1, -0.05) is 29.4 Å². The van der Waals surface area contributed by atoms with Crippen LogP contribution in [0.5, 0.6) is 0 Å². The fourth-order valence-corrected chi connectivity index (χ4v) is 2.63. The standard InChI is InChI=1S/C15H9BrF2N2O/c16-9-5-3-7-11(18)13(9)14-12(15(19)20-21-14)8-4-1-2-6-10(8)17/h1-7H,(H2,19,20). The SMILES string of the molecule is Nc1noc(-c2c(F)cccc2Br)c1-c1ccccc1F. The molecule has 0 unspecified atom stereocenters. The maximum absolute atomic E-state index is 14.1. The second kappa shape index (κ2) is 5.29. The first-order valence-corrected chi connectivity index (χ1v) is 6.83. The third-order valence-electron chi connectivity index (χ3n) is 3.05. The predicted octanol–water partition coefficient (Wildman–Crippen LogP) is 4.63. The van der Waals surface area contributed by atoms with Crippen LogP contribution in [-0.4, -0.2) is 5.16 Å². The monoisotopic (exact) mass is 350 g/mol. The highest BCUT2D eigenvalue weighted by molar-refractivity contribution is 9.10. The summed E-state index contributed by atoms with van der Waals surface area (Å²) in [5.74, 6) is -0.910. The molecule has 0 spiro atoms. The first-order chi connectivity index (χ1) is 10.1. The van der Waals surface area contributed by atoms with Crippen molar-refractivity contribution >= 4 is 21.7 Å². The minimum absolute atomic E-state index is 0.00486. The molecule has 0 saturated carbocycles. The van der Waals surface area contributed by atoms with Gasteiger partial charge in [0.05, 0.1) is 11.1 Å². The number of nitrogen functional groups attached to an aromatic ring is 1. The summed E-state index contributed by atoms with van der Waals surface area (Å²) in [6, 6.07) is 10.5. The minimum atomic E-state index is -0.516. The van der Waals surface area contributed by atoms with E-state index in [0.29, 0.717) is 4.47 Å². The van der Waals surface area contributed by atoms with Gasteiger partial charge in [-0.05, 0) is 34.1 Å². The Balaban J connectivity index is 2.31. The molecule has 0 aliphatic rings. The summed E-state index contributed by atoms with van der Waals surface area (Å²) in [5, 5.41) is 3.64. The normalized spacial score (nSPS) is 10.8. The van der Waals surface area contributed by atoms with E-state index in [1.807, 2.05) is 0 Å². The lowest BCUT2D eigenvalue weighted by molar-refractivity contribution is 0.433. The largest absolute Gasteiger partial charge is 0.380 e. The van der Waals surface area contributed by atoms with Gasteiger partial charge in [-0.15, -0.1) is 0 Å². The molecule has 0 atom stereocenters. The van der Waals surface area contributed by atoms with Gasteiger partial charge in [0, 0.05) is 10.0 Å². The summed E-state index contributed by atoms with van der Waals surface area (Å²) in [6.45, 7) is 0. The Hall–Kier alpha value is -2.21. The van der Waals surface area contributed by atoms with Crippen LogP contribution in [0.2, 0.25) is 0 Å². The number of rotatable bonds is 2. The zero-order valence-electron chi connectivity index (χ0n) is 10.6. The minimum Gasteiger partial charge on any atom is -0.380 e. The molecule has 3 aromatic rings. The quantitative estimate of drug-likeness (QED) is 0.732. The van der Waals surface area contributed by atoms with Gasteiger partial charge in [-0.3, -0.25) is 0 Å². The van der Waals surface area contributed by atoms with Gasteiger partial charge in [-0.25, -0.2) is 8.78 Å². The van der Waals surface area contributed by atoms with E-state index in [9.17, 15) is 8.78 Å². The molecule has 3 rings (SSSR count). The molecule has 3 nitrogen and oxygen atoms in total. The van der Waals surface area contributed by atoms with Gasteiger partial charge < -0.3 is 10.3 Å². The van der Waals surface area contributed by atoms with Crippen molar-refractivity contribution in [1.82, 2.24) is 5.16 Å². The number of anilines is 1. The van der Waals surface area contributed by atoms with Crippen LogP contribution in [0.4, 0.5) is 14.6 Å². The van der Waals surface area contributed by atoms with E-state index in [4.69, 9.17) is 10.3 Å². The fraction of sp³-hybridized carbons (Fsp3) is 0. The Labute approximate surface area is 127 Å². The second-order valence-electron chi connectivity index (χ2n) is 4.35. The molecule has 1 heterocycles. The molecule has 0 radical (unpaired) electrons. The van der Waals surface area contributed by atoms with Crippen LogP contribution in [0.3, 0.4) is 0 Å². The highest BCUT2D eigenvalue weighted by Crippen LogP contribution is 2.41. The number of nitrogens with two attached hydrogens (primary N) is 1. The smallest absolute Gasteiger partial charge is 0.181 e. The molecule has 0 fully saturated rings. The van der Waals surface area contributed by atoms with Crippen molar-refractivity contribution in [3.63, 3.8) is 0 Å². The van der Waals surface area contributed by atoms with Crippen molar-refractivity contribution < 1.29 is 13.3 Å². The molecule has 0 aliphatic carbocycles. The summed E-state index contributed by atoms with van der Waals surface area (Å²) < 4.78 is 33.7. The van der Waals surface area contributed by atoms with Crippen molar-refractivity contribution in [3.8, 4) is 22.5 Å². The van der Waals surface area contributed by atoms with E-state index in [-0.39, 0.29) is 28.3 Å². The summed E-state index contributed by atoms with van der Waals surface area (Å²) in [5.41, 5.74) is 6.37. The maximum Gasteiger partial charge on any atom is 0.181 e. The Bertz CT molecular complexity index is 797. The van der Waals surface area contributed by atoms with Crippen LogP contribution in [0, 0.1) is 11.6 Å². The van der Waals surface area contributed by atoms with Crippen LogP contribution in [0.25, 0.3) is 22.5 Å². The van der Waals surface area contributed by atoms with Gasteiger partial charge in [0.2, 0.25) is 0 Å². The molecular weight excluding hydrogens is 342 g/mol. The average molecular weight is 351 g/mol. The lowest BCUT2D eigenvalue weighted by atomic mass is 10.0. The zero-order valence-corrected chi connectivity index (χ0v) is 12.2. The predicted molar refractivity (Wildman–Crippen MR) is 79.4 cm³/mol. The lowest BCUT2D eigenvalue weighted by Gasteiger charge is -2.06. The zero-order chi connectivity index (χ0) is 15.0. The van der Waals surface area contributed by atoms with Crippen LogP contribution in [0.1, 0.15) is 0 Å². The maximum atomic E-state index is 14.1. The highest BCUT2D eigenvalue weighted by Gasteiger charge is 2.24. The number of benzene rings is 2. The lowest BCUT2D eigenvalue weighted by Crippen LogP contribution is -1.93. The second-order valence-corrected chi connectivity index (χ2v) is 5.20. The summed E-state index contributed by atoms with van der Waals surface area (Å²) >= 11 is 3.26. The van der Waals surface area contributed by atoms with E-state index >= 15 is 0 Å². The molecule has 21 heavy (non-hydrogen) atoms. The molecule has 6 heteroatoms. The van der Waals surface area contributed by atoms with E-state index in [1.165, 1.54) is 18.2 Å². The van der Waals surface area contributed by atoms with Gasteiger partial charge >= 0.3 is 0 Å². The van der Waals surface area contributed by atoms with Gasteiger partial charge in [0.15, 0.2) is 11.6 Å². The molecule has 2 N–H and O–H groups in total. The molecular formula is C15H9BrF2N2O. The van der Waals surface area contributed by atoms with Gasteiger partial charge in [-0.2, -0.15) is 0 Å². The molecule has 0 saturated heterocycles. The van der Waals surface area contributed by atoms with Crippen LogP contribution in [-0.2, 0) is 0 Å². The van der Waals surface area contributed by atoms with E-state index in [2.05, 4.69) is 21.1 Å². The third kappa shape index (κ3) is 2.31. The average Bonchev–Trinajstić information content (AvgIpc) is 2.81. The summed E-state index contributed by atoms with van der Waals surface area (Å²) in [7, 11) is 0. The van der Waals surface area contributed by atoms with E-state index < -0.39 is 11.6 Å². The summed E-state index contributed by atoms with van der Waals surface area (Å²) in [6.07, 6.45) is 0. The van der Waals surface area contributed by atoms with Crippen molar-refractivity contribution in [3.05, 3.63) is 58.6 Å². The number of aromatic nitrogens is 1. The van der Waals surface area contributed by atoms with Gasteiger partial charge in [0.25, 0.3) is 0 Å². The third-order valence-corrected chi connectivity index (χ3v) is 3.71. The molecule has 0 bridgehead atoms. The number of hydrogen-bond acceptors (Lipinski definition) is 3. The van der Waals surface area contributed by atoms with Crippen molar-refractivity contribution in [2.75, 3.05) is 5.73 Å². The van der Waals surface area contributed by atoms with Crippen LogP contribution < -0.4 is 5.73 Å². The molecule has 1 aromatic heterocycles. The number of hydrogen-bond donors (Lipinski definition) is 1. The van der Waals surface area contributed by atoms with Crippen molar-refractivity contribution in [2.45, 2.75) is 0 Å². The Kier molecular flexibility index (Phi) is 3.47.